The molecule has 114 valence electrons. The van der Waals surface area contributed by atoms with Crippen molar-refractivity contribution in [1.82, 2.24) is 0 Å². The molecule has 1 heterocycles. The van der Waals surface area contributed by atoms with Gasteiger partial charge in [-0.1, -0.05) is 37.8 Å². The summed E-state index contributed by atoms with van der Waals surface area (Å²) < 4.78 is 0. The van der Waals surface area contributed by atoms with Crippen LogP contribution in [0, 0.1) is 5.92 Å². The zero-order valence-electron chi connectivity index (χ0n) is 12.7. The van der Waals surface area contributed by atoms with Crippen molar-refractivity contribution < 1.29 is 9.90 Å². The average Bonchev–Trinajstić information content (AvgIpc) is 2.75. The van der Waals surface area contributed by atoms with Gasteiger partial charge in [0, 0.05) is 13.0 Å². The number of rotatable bonds is 2. The molecule has 1 saturated carbocycles. The summed E-state index contributed by atoms with van der Waals surface area (Å²) in [5.41, 5.74) is 1.87. The van der Waals surface area contributed by atoms with Gasteiger partial charge >= 0.3 is 0 Å². The number of hydrogen-bond acceptors (Lipinski definition) is 2. The Hall–Kier alpha value is -1.51. The zero-order valence-corrected chi connectivity index (χ0v) is 12.7. The fraction of sp³-hybridized carbons (Fsp3) is 0.611. The van der Waals surface area contributed by atoms with Crippen LogP contribution in [0.25, 0.3) is 0 Å². The van der Waals surface area contributed by atoms with Gasteiger partial charge in [0.05, 0.1) is 5.69 Å². The van der Waals surface area contributed by atoms with Crippen LogP contribution in [-0.2, 0) is 11.2 Å². The first-order chi connectivity index (χ1) is 10.3. The van der Waals surface area contributed by atoms with Crippen LogP contribution < -0.4 is 4.90 Å². The lowest BCUT2D eigenvalue weighted by molar-refractivity contribution is -0.119. The van der Waals surface area contributed by atoms with E-state index in [-0.39, 0.29) is 11.7 Å². The SMILES string of the molecule is O=C(CC1CCCCCC1)N1CCCc2cccc(O)c21. The number of anilines is 1. The highest BCUT2D eigenvalue weighted by Crippen LogP contribution is 2.36. The van der Waals surface area contributed by atoms with Gasteiger partial charge in [-0.2, -0.15) is 0 Å². The maximum Gasteiger partial charge on any atom is 0.227 e. The molecule has 0 aromatic heterocycles. The summed E-state index contributed by atoms with van der Waals surface area (Å²) in [6.45, 7) is 0.746. The van der Waals surface area contributed by atoms with Crippen LogP contribution in [0.2, 0.25) is 0 Å². The van der Waals surface area contributed by atoms with Gasteiger partial charge in [-0.3, -0.25) is 4.79 Å². The second-order valence-corrected chi connectivity index (χ2v) is 6.50. The molecule has 1 aliphatic carbocycles. The molecule has 1 aromatic carbocycles. The number of hydrogen-bond donors (Lipinski definition) is 1. The number of aromatic hydroxyl groups is 1. The third-order valence-corrected chi connectivity index (χ3v) is 4.94. The topological polar surface area (TPSA) is 40.5 Å². The van der Waals surface area contributed by atoms with Crippen molar-refractivity contribution in [3.05, 3.63) is 23.8 Å². The molecule has 0 saturated heterocycles. The van der Waals surface area contributed by atoms with Crippen molar-refractivity contribution in [2.24, 2.45) is 5.92 Å². The second kappa shape index (κ2) is 6.50. The molecular formula is C18H25NO2. The van der Waals surface area contributed by atoms with Gasteiger partial charge in [0.2, 0.25) is 5.91 Å². The van der Waals surface area contributed by atoms with Crippen molar-refractivity contribution >= 4 is 11.6 Å². The Labute approximate surface area is 127 Å². The number of phenolic OH excluding ortho intramolecular Hbond substituents is 1. The molecule has 21 heavy (non-hydrogen) atoms. The van der Waals surface area contributed by atoms with Crippen LogP contribution in [0.15, 0.2) is 18.2 Å². The molecular weight excluding hydrogens is 262 g/mol. The van der Waals surface area contributed by atoms with E-state index in [1.165, 1.54) is 38.5 Å². The normalized spacial score (nSPS) is 19.9. The van der Waals surface area contributed by atoms with Gasteiger partial charge in [0.25, 0.3) is 0 Å². The van der Waals surface area contributed by atoms with Crippen LogP contribution in [-0.4, -0.2) is 17.6 Å². The number of carbonyl (C=O) groups excluding carboxylic acids is 1. The van der Waals surface area contributed by atoms with Crippen LogP contribution in [0.5, 0.6) is 5.75 Å². The van der Waals surface area contributed by atoms with E-state index in [0.29, 0.717) is 12.3 Å². The van der Waals surface area contributed by atoms with Crippen molar-refractivity contribution in [3.63, 3.8) is 0 Å². The molecule has 1 amide bonds. The van der Waals surface area contributed by atoms with E-state index in [4.69, 9.17) is 0 Å². The second-order valence-electron chi connectivity index (χ2n) is 6.50. The van der Waals surface area contributed by atoms with E-state index in [0.717, 1.165) is 30.6 Å². The largest absolute Gasteiger partial charge is 0.506 e. The minimum Gasteiger partial charge on any atom is -0.506 e. The summed E-state index contributed by atoms with van der Waals surface area (Å²) in [5.74, 6) is 0.988. The van der Waals surface area contributed by atoms with Crippen LogP contribution in [0.1, 0.15) is 56.9 Å². The van der Waals surface area contributed by atoms with Gasteiger partial charge in [0.1, 0.15) is 5.75 Å². The molecule has 0 bridgehead atoms. The number of fused-ring (bicyclic) bond motifs is 1. The van der Waals surface area contributed by atoms with Crippen molar-refractivity contribution in [1.29, 1.82) is 0 Å². The summed E-state index contributed by atoms with van der Waals surface area (Å²) in [7, 11) is 0. The summed E-state index contributed by atoms with van der Waals surface area (Å²) in [6, 6.07) is 5.59. The number of phenols is 1. The minimum absolute atomic E-state index is 0.198. The monoisotopic (exact) mass is 287 g/mol. The number of benzene rings is 1. The molecule has 1 N–H and O–H groups in total. The van der Waals surface area contributed by atoms with E-state index in [9.17, 15) is 9.90 Å². The van der Waals surface area contributed by atoms with Crippen LogP contribution in [0.3, 0.4) is 0 Å². The van der Waals surface area contributed by atoms with Crippen LogP contribution in [0.4, 0.5) is 5.69 Å². The fourth-order valence-electron chi connectivity index (χ4n) is 3.81. The highest BCUT2D eigenvalue weighted by molar-refractivity contribution is 5.96. The molecule has 0 spiro atoms. The Balaban J connectivity index is 1.74. The molecule has 3 rings (SSSR count). The molecule has 1 fully saturated rings. The van der Waals surface area contributed by atoms with Gasteiger partial charge in [-0.25, -0.2) is 0 Å². The fourth-order valence-corrected chi connectivity index (χ4v) is 3.81. The van der Waals surface area contributed by atoms with Crippen molar-refractivity contribution in [3.8, 4) is 5.75 Å². The number of carbonyl (C=O) groups is 1. The van der Waals surface area contributed by atoms with Crippen molar-refractivity contribution in [2.45, 2.75) is 57.8 Å². The number of para-hydroxylation sites is 1. The highest BCUT2D eigenvalue weighted by atomic mass is 16.3. The Morgan fingerprint density at radius 3 is 2.67 bits per heavy atom. The average molecular weight is 287 g/mol. The first-order valence-corrected chi connectivity index (χ1v) is 8.37. The van der Waals surface area contributed by atoms with Crippen molar-refractivity contribution in [2.75, 3.05) is 11.4 Å². The third-order valence-electron chi connectivity index (χ3n) is 4.94. The molecule has 3 heteroatoms. The zero-order chi connectivity index (χ0) is 14.7. The Morgan fingerprint density at radius 2 is 1.90 bits per heavy atom. The summed E-state index contributed by atoms with van der Waals surface area (Å²) in [5, 5.41) is 10.1. The van der Waals surface area contributed by atoms with E-state index in [2.05, 4.69) is 0 Å². The first-order valence-electron chi connectivity index (χ1n) is 8.37. The lowest BCUT2D eigenvalue weighted by atomic mass is 9.94. The molecule has 1 aromatic rings. The quantitative estimate of drug-likeness (QED) is 0.834. The van der Waals surface area contributed by atoms with Gasteiger partial charge in [0.15, 0.2) is 0 Å². The molecule has 3 nitrogen and oxygen atoms in total. The maximum absolute atomic E-state index is 12.7. The number of amides is 1. The summed E-state index contributed by atoms with van der Waals surface area (Å²) in [6.07, 6.45) is 10.1. The summed E-state index contributed by atoms with van der Waals surface area (Å²) in [4.78, 5) is 14.5. The van der Waals surface area contributed by atoms with E-state index < -0.39 is 0 Å². The van der Waals surface area contributed by atoms with E-state index >= 15 is 0 Å². The molecule has 0 atom stereocenters. The Morgan fingerprint density at radius 1 is 1.14 bits per heavy atom. The molecule has 0 radical (unpaired) electrons. The van der Waals surface area contributed by atoms with Gasteiger partial charge in [-0.05, 0) is 43.2 Å². The van der Waals surface area contributed by atoms with E-state index in [1.54, 1.807) is 6.07 Å². The predicted molar refractivity (Wildman–Crippen MR) is 84.6 cm³/mol. The van der Waals surface area contributed by atoms with Gasteiger partial charge < -0.3 is 10.0 Å². The number of nitrogens with zero attached hydrogens (tertiary/aromatic N) is 1. The number of aryl methyl sites for hydroxylation is 1. The standard InChI is InChI=1S/C18H25NO2/c20-16-11-5-9-15-10-6-12-19(18(15)16)17(21)13-14-7-3-1-2-4-8-14/h5,9,11,14,20H,1-4,6-8,10,12-13H2. The lowest BCUT2D eigenvalue weighted by Gasteiger charge is -2.31. The van der Waals surface area contributed by atoms with Crippen LogP contribution >= 0.6 is 0 Å². The molecule has 1 aliphatic heterocycles. The molecule has 2 aliphatic rings. The van der Waals surface area contributed by atoms with E-state index in [1.807, 2.05) is 17.0 Å². The highest BCUT2D eigenvalue weighted by Gasteiger charge is 2.27. The predicted octanol–water partition coefficient (Wildman–Crippen LogP) is 4.03. The molecule has 0 unspecified atom stereocenters. The smallest absolute Gasteiger partial charge is 0.227 e. The first kappa shape index (κ1) is 14.4. The lowest BCUT2D eigenvalue weighted by Crippen LogP contribution is -2.36. The Bertz CT molecular complexity index is 504. The Kier molecular flexibility index (Phi) is 4.47. The third kappa shape index (κ3) is 3.22. The minimum atomic E-state index is 0.198. The summed E-state index contributed by atoms with van der Waals surface area (Å²) >= 11 is 0. The van der Waals surface area contributed by atoms with Gasteiger partial charge in [-0.15, -0.1) is 0 Å². The maximum atomic E-state index is 12.7.